The summed E-state index contributed by atoms with van der Waals surface area (Å²) >= 11 is 6.65. The van der Waals surface area contributed by atoms with Crippen LogP contribution in [0.15, 0.2) is 54.7 Å². The molecule has 6 rings (SSSR count). The van der Waals surface area contributed by atoms with Crippen molar-refractivity contribution in [2.24, 2.45) is 0 Å². The van der Waals surface area contributed by atoms with Crippen molar-refractivity contribution >= 4 is 31.9 Å². The first kappa shape index (κ1) is 34.8. The van der Waals surface area contributed by atoms with Crippen molar-refractivity contribution in [1.29, 1.82) is 0 Å². The van der Waals surface area contributed by atoms with Crippen molar-refractivity contribution in [2.45, 2.75) is 96.8 Å². The highest BCUT2D eigenvalue weighted by Gasteiger charge is 2.45. The Hall–Kier alpha value is -4.09. The number of ether oxygens (including phenoxy) is 2. The largest absolute Gasteiger partial charge is 0.444 e. The summed E-state index contributed by atoms with van der Waals surface area (Å²) in [7, 11) is -1.62. The van der Waals surface area contributed by atoms with Gasteiger partial charge in [-0.15, -0.1) is 0 Å². The molecule has 0 unspecified atom stereocenters. The second kappa shape index (κ2) is 13.0. The van der Waals surface area contributed by atoms with Crippen LogP contribution in [0, 0.1) is 0 Å². The second-order valence-corrected chi connectivity index (χ2v) is 21.4. The summed E-state index contributed by atoms with van der Waals surface area (Å²) in [4.78, 5) is 45.8. The van der Waals surface area contributed by atoms with Crippen molar-refractivity contribution in [3.05, 3.63) is 71.5 Å². The molecule has 2 fully saturated rings. The van der Waals surface area contributed by atoms with Crippen molar-refractivity contribution in [3.63, 3.8) is 0 Å². The monoisotopic (exact) mass is 702 g/mol. The number of aromatic nitrogens is 4. The third-order valence-corrected chi connectivity index (χ3v) is 11.8. The maximum Gasteiger partial charge on any atom is 0.410 e. The summed E-state index contributed by atoms with van der Waals surface area (Å²) in [6.45, 7) is 16.5. The minimum absolute atomic E-state index is 0.121. The molecule has 2 atom stereocenters. The van der Waals surface area contributed by atoms with Crippen LogP contribution in [0.4, 0.5) is 9.59 Å². The number of carbonyl (C=O) groups is 2. The Labute approximate surface area is 294 Å². The Morgan fingerprint density at radius 1 is 0.796 bits per heavy atom. The zero-order valence-corrected chi connectivity index (χ0v) is 31.4. The van der Waals surface area contributed by atoms with Crippen LogP contribution in [0.1, 0.15) is 78.1 Å². The van der Waals surface area contributed by atoms with E-state index in [1.165, 1.54) is 0 Å². The molecule has 2 aliphatic rings. The van der Waals surface area contributed by atoms with Crippen LogP contribution in [0.3, 0.4) is 0 Å². The minimum Gasteiger partial charge on any atom is -0.444 e. The van der Waals surface area contributed by atoms with Crippen LogP contribution in [0.25, 0.3) is 33.6 Å². The average Bonchev–Trinajstić information content (AvgIpc) is 3.81. The van der Waals surface area contributed by atoms with Crippen LogP contribution in [-0.2, 0) is 9.47 Å². The number of likely N-dealkylation sites (tertiary alicyclic amines) is 1. The van der Waals surface area contributed by atoms with E-state index in [2.05, 4.69) is 59.5 Å². The molecule has 12 heteroatoms. The second-order valence-electron chi connectivity index (χ2n) is 15.9. The van der Waals surface area contributed by atoms with Gasteiger partial charge in [0, 0.05) is 18.3 Å². The van der Waals surface area contributed by atoms with Crippen LogP contribution < -0.4 is 0 Å². The van der Waals surface area contributed by atoms with E-state index in [4.69, 9.17) is 31.0 Å². The fraction of sp³-hybridized carbons (Fsp3) is 0.459. The summed E-state index contributed by atoms with van der Waals surface area (Å²) in [6.07, 6.45) is 3.65. The van der Waals surface area contributed by atoms with Gasteiger partial charge in [0.25, 0.3) is 0 Å². The molecule has 2 amide bonds. The van der Waals surface area contributed by atoms with Crippen molar-refractivity contribution < 1.29 is 19.1 Å². The van der Waals surface area contributed by atoms with E-state index in [-0.39, 0.29) is 24.3 Å². The Balaban J connectivity index is 1.15. The molecule has 2 N–H and O–H groups in total. The van der Waals surface area contributed by atoms with E-state index < -0.39 is 19.3 Å². The predicted octanol–water partition coefficient (Wildman–Crippen LogP) is 9.40. The number of rotatable bonds is 5. The fourth-order valence-electron chi connectivity index (χ4n) is 6.65. The van der Waals surface area contributed by atoms with Crippen molar-refractivity contribution in [3.8, 4) is 33.6 Å². The molecule has 4 aromatic rings. The Morgan fingerprint density at radius 2 is 1.35 bits per heavy atom. The van der Waals surface area contributed by atoms with Crippen LogP contribution in [0.5, 0.6) is 0 Å². The number of amides is 2. The molecule has 0 bridgehead atoms. The Morgan fingerprint density at radius 3 is 1.94 bits per heavy atom. The van der Waals surface area contributed by atoms with E-state index >= 15 is 0 Å². The van der Waals surface area contributed by atoms with Crippen molar-refractivity contribution in [2.75, 3.05) is 12.7 Å². The zero-order chi connectivity index (χ0) is 35.3. The number of hydrogen-bond acceptors (Lipinski definition) is 6. The molecule has 260 valence electrons. The van der Waals surface area contributed by atoms with Gasteiger partial charge in [0.2, 0.25) is 0 Å². The van der Waals surface area contributed by atoms with Gasteiger partial charge in [-0.1, -0.05) is 73.2 Å². The van der Waals surface area contributed by atoms with Crippen molar-refractivity contribution in [1.82, 2.24) is 29.7 Å². The molecule has 10 nitrogen and oxygen atoms in total. The maximum absolute atomic E-state index is 13.1. The van der Waals surface area contributed by atoms with Gasteiger partial charge in [-0.3, -0.25) is 4.90 Å². The lowest BCUT2D eigenvalue weighted by Crippen LogP contribution is -2.39. The fourth-order valence-corrected chi connectivity index (χ4v) is 9.76. The van der Waals surface area contributed by atoms with Gasteiger partial charge in [-0.2, -0.15) is 0 Å². The minimum atomic E-state index is -1.62. The Kier molecular flexibility index (Phi) is 9.21. The van der Waals surface area contributed by atoms with Gasteiger partial charge >= 0.3 is 12.2 Å². The van der Waals surface area contributed by atoms with Crippen LogP contribution >= 0.6 is 11.6 Å². The van der Waals surface area contributed by atoms with Gasteiger partial charge < -0.3 is 24.3 Å². The number of nitrogens with one attached hydrogen (secondary N) is 2. The highest BCUT2D eigenvalue weighted by Crippen LogP contribution is 2.39. The van der Waals surface area contributed by atoms with Gasteiger partial charge in [0.1, 0.15) is 33.7 Å². The van der Waals surface area contributed by atoms with Gasteiger partial charge in [0.05, 0.1) is 32.0 Å². The molecule has 2 aromatic heterocycles. The first-order valence-corrected chi connectivity index (χ1v) is 20.8. The molecule has 0 aliphatic carbocycles. The summed E-state index contributed by atoms with van der Waals surface area (Å²) in [5.41, 5.74) is 4.48. The highest BCUT2D eigenvalue weighted by molar-refractivity contribution is 6.78. The molecule has 2 saturated heterocycles. The normalized spacial score (nSPS) is 19.4. The number of imidazole rings is 2. The Bertz CT molecular complexity index is 1820. The first-order chi connectivity index (χ1) is 23.0. The zero-order valence-electron chi connectivity index (χ0n) is 29.7. The average molecular weight is 703 g/mol. The molecular formula is C37H47ClN6O4Si. The standard InChI is InChI=1S/C37H47ClN6O4Si/c1-36(2,3)47-34(45)43-19-9-10-28(43)33-41-30(31(38)42-33)26-17-13-24(14-18-26)23-11-15-25(16-12-23)27-20-39-32(40-27)29-21-49(7,8)22-44(29)35(46)48-37(4,5)6/h11-18,20,28-29H,9-10,19,21-22H2,1-8H3,(H,39,40)(H,41,42)/t28-,29-/m0/s1. The van der Waals surface area contributed by atoms with E-state index in [1.54, 1.807) is 4.90 Å². The van der Waals surface area contributed by atoms with E-state index in [1.807, 2.05) is 64.8 Å². The number of halogens is 1. The third-order valence-electron chi connectivity index (χ3n) is 8.82. The SMILES string of the molecule is CC(C)(C)OC(=O)N1C[Si](C)(C)C[C@H]1c1ncc(-c2ccc(-c3ccc(-c4nc([C@@H]5CCCN5C(=O)OC(C)(C)C)[nH]c4Cl)cc3)cc2)[nH]1. The quantitative estimate of drug-likeness (QED) is 0.200. The van der Waals surface area contributed by atoms with E-state index in [9.17, 15) is 9.59 Å². The molecule has 0 radical (unpaired) electrons. The smallest absolute Gasteiger partial charge is 0.410 e. The number of H-pyrrole nitrogens is 2. The third kappa shape index (κ3) is 7.88. The topological polar surface area (TPSA) is 116 Å². The molecule has 0 saturated carbocycles. The number of hydrogen-bond donors (Lipinski definition) is 2. The molecule has 0 spiro atoms. The maximum atomic E-state index is 13.1. The lowest BCUT2D eigenvalue weighted by atomic mass is 10.0. The molecular weight excluding hydrogens is 656 g/mol. The lowest BCUT2D eigenvalue weighted by molar-refractivity contribution is 0.0212. The summed E-state index contributed by atoms with van der Waals surface area (Å²) in [6, 6.07) is 17.1. The molecule has 4 heterocycles. The van der Waals surface area contributed by atoms with Gasteiger partial charge in [0.15, 0.2) is 0 Å². The van der Waals surface area contributed by atoms with Gasteiger partial charge in [-0.05, 0) is 77.1 Å². The number of aromatic amines is 2. The van der Waals surface area contributed by atoms with Gasteiger partial charge in [-0.25, -0.2) is 19.6 Å². The predicted molar refractivity (Wildman–Crippen MR) is 195 cm³/mol. The summed E-state index contributed by atoms with van der Waals surface area (Å²) in [5, 5.41) is 0.444. The highest BCUT2D eigenvalue weighted by atomic mass is 35.5. The summed E-state index contributed by atoms with van der Waals surface area (Å²) < 4.78 is 11.4. The lowest BCUT2D eigenvalue weighted by Gasteiger charge is -2.28. The van der Waals surface area contributed by atoms with Crippen LogP contribution in [0.2, 0.25) is 24.3 Å². The van der Waals surface area contributed by atoms with Crippen LogP contribution in [-0.4, -0.2) is 73.9 Å². The first-order valence-electron chi connectivity index (χ1n) is 17.0. The molecule has 2 aliphatic heterocycles. The molecule has 2 aromatic carbocycles. The number of benzene rings is 2. The number of nitrogens with zero attached hydrogens (tertiary/aromatic N) is 4. The molecule has 49 heavy (non-hydrogen) atoms. The van der Waals surface area contributed by atoms with E-state index in [0.717, 1.165) is 58.8 Å². The summed E-state index contributed by atoms with van der Waals surface area (Å²) in [5.74, 6) is 1.46. The number of carbonyl (C=O) groups excluding carboxylic acids is 2. The van der Waals surface area contributed by atoms with E-state index in [0.29, 0.717) is 23.2 Å².